The van der Waals surface area contributed by atoms with Gasteiger partial charge >= 0.3 is 0 Å². The number of nitrogens with two attached hydrogens (primary N) is 1. The summed E-state index contributed by atoms with van der Waals surface area (Å²) in [6, 6.07) is 7.68. The number of carbonyl (C=O) groups excluding carboxylic acids is 1. The molecule has 3 rings (SSSR count). The molecule has 0 bridgehead atoms. The summed E-state index contributed by atoms with van der Waals surface area (Å²) in [6.45, 7) is 8.50. The highest BCUT2D eigenvalue weighted by atomic mass is 35.5. The van der Waals surface area contributed by atoms with E-state index in [0.717, 1.165) is 42.1 Å². The Morgan fingerprint density at radius 3 is 2.78 bits per heavy atom. The first kappa shape index (κ1) is 19.6. The van der Waals surface area contributed by atoms with E-state index in [-0.39, 0.29) is 17.8 Å². The third kappa shape index (κ3) is 4.39. The van der Waals surface area contributed by atoms with Crippen LogP contribution >= 0.6 is 11.6 Å². The molecule has 0 saturated carbocycles. The van der Waals surface area contributed by atoms with Crippen molar-refractivity contribution in [3.63, 3.8) is 0 Å². The molecular weight excluding hydrogens is 362 g/mol. The van der Waals surface area contributed by atoms with Crippen molar-refractivity contribution in [3.05, 3.63) is 51.9 Å². The van der Waals surface area contributed by atoms with Gasteiger partial charge < -0.3 is 15.5 Å². The minimum Gasteiger partial charge on any atom is -0.355 e. The predicted octanol–water partition coefficient (Wildman–Crippen LogP) is 2.95. The van der Waals surface area contributed by atoms with Crippen LogP contribution in [0.5, 0.6) is 0 Å². The molecule has 0 radical (unpaired) electrons. The lowest BCUT2D eigenvalue weighted by molar-refractivity contribution is 0.0740. The highest BCUT2D eigenvalue weighted by Gasteiger charge is 2.26. The summed E-state index contributed by atoms with van der Waals surface area (Å²) in [5.41, 5.74) is 8.84. The Bertz CT molecular complexity index is 841. The first-order valence-corrected chi connectivity index (χ1v) is 9.66. The maximum Gasteiger partial charge on any atom is 0.292 e. The van der Waals surface area contributed by atoms with Crippen molar-refractivity contribution in [2.24, 2.45) is 5.73 Å². The fraction of sp³-hybridized carbons (Fsp3) is 0.450. The van der Waals surface area contributed by atoms with Crippen molar-refractivity contribution in [3.8, 4) is 0 Å². The van der Waals surface area contributed by atoms with E-state index in [4.69, 9.17) is 17.3 Å². The molecule has 1 atom stereocenters. The summed E-state index contributed by atoms with van der Waals surface area (Å²) in [4.78, 5) is 26.1. The van der Waals surface area contributed by atoms with Gasteiger partial charge in [0, 0.05) is 48.5 Å². The van der Waals surface area contributed by atoms with E-state index < -0.39 is 0 Å². The zero-order valence-electron chi connectivity index (χ0n) is 16.1. The van der Waals surface area contributed by atoms with Gasteiger partial charge in [-0.3, -0.25) is 4.79 Å². The maximum atomic E-state index is 13.1. The van der Waals surface area contributed by atoms with E-state index in [1.807, 2.05) is 45.0 Å². The van der Waals surface area contributed by atoms with Crippen molar-refractivity contribution in [1.82, 2.24) is 14.9 Å². The number of benzene rings is 1. The van der Waals surface area contributed by atoms with Crippen molar-refractivity contribution in [1.29, 1.82) is 0 Å². The van der Waals surface area contributed by atoms with Crippen LogP contribution in [-0.2, 0) is 6.54 Å². The fourth-order valence-corrected chi connectivity index (χ4v) is 3.53. The first-order valence-electron chi connectivity index (χ1n) is 9.28. The molecule has 7 heteroatoms. The SMILES string of the molecule is CCN(Cc1cccc(Cl)c1)C(=O)c1nc(C)c(C)c(N2CC[C@@H](N)C2)n1. The van der Waals surface area contributed by atoms with Crippen LogP contribution in [0.25, 0.3) is 0 Å². The molecule has 6 nitrogen and oxygen atoms in total. The van der Waals surface area contributed by atoms with Crippen LogP contribution in [0, 0.1) is 13.8 Å². The lowest BCUT2D eigenvalue weighted by atomic mass is 10.2. The molecule has 0 aliphatic carbocycles. The highest BCUT2D eigenvalue weighted by molar-refractivity contribution is 6.30. The topological polar surface area (TPSA) is 75.4 Å². The minimum atomic E-state index is -0.176. The van der Waals surface area contributed by atoms with Gasteiger partial charge in [-0.2, -0.15) is 0 Å². The molecule has 1 saturated heterocycles. The zero-order valence-corrected chi connectivity index (χ0v) is 16.8. The molecule has 1 amide bonds. The van der Waals surface area contributed by atoms with Crippen LogP contribution in [0.2, 0.25) is 5.02 Å². The molecule has 0 spiro atoms. The van der Waals surface area contributed by atoms with Gasteiger partial charge in [0.15, 0.2) is 0 Å². The molecule has 2 N–H and O–H groups in total. The lowest BCUT2D eigenvalue weighted by Gasteiger charge is -2.23. The molecule has 2 heterocycles. The second-order valence-electron chi connectivity index (χ2n) is 7.03. The van der Waals surface area contributed by atoms with Crippen molar-refractivity contribution >= 4 is 23.3 Å². The van der Waals surface area contributed by atoms with Crippen LogP contribution < -0.4 is 10.6 Å². The molecular formula is C20H26ClN5O. The third-order valence-corrected chi connectivity index (χ3v) is 5.25. The van der Waals surface area contributed by atoms with Gasteiger partial charge in [0.25, 0.3) is 5.91 Å². The summed E-state index contributed by atoms with van der Waals surface area (Å²) in [7, 11) is 0. The molecule has 1 aromatic carbocycles. The van der Waals surface area contributed by atoms with Crippen LogP contribution in [0.3, 0.4) is 0 Å². The highest BCUT2D eigenvalue weighted by Crippen LogP contribution is 2.24. The number of hydrogen-bond acceptors (Lipinski definition) is 5. The number of rotatable bonds is 5. The molecule has 1 fully saturated rings. The number of aryl methyl sites for hydroxylation is 1. The first-order chi connectivity index (χ1) is 12.9. The Kier molecular flexibility index (Phi) is 5.97. The largest absolute Gasteiger partial charge is 0.355 e. The number of hydrogen-bond donors (Lipinski definition) is 1. The van der Waals surface area contributed by atoms with Gasteiger partial charge in [0.1, 0.15) is 5.82 Å². The van der Waals surface area contributed by atoms with Crippen LogP contribution in [0.15, 0.2) is 24.3 Å². The Labute approximate surface area is 165 Å². The Balaban J connectivity index is 1.87. The number of aromatic nitrogens is 2. The second kappa shape index (κ2) is 8.23. The average Bonchev–Trinajstić information content (AvgIpc) is 3.07. The number of anilines is 1. The van der Waals surface area contributed by atoms with Gasteiger partial charge in [-0.1, -0.05) is 23.7 Å². The van der Waals surface area contributed by atoms with E-state index >= 15 is 0 Å². The summed E-state index contributed by atoms with van der Waals surface area (Å²) in [5, 5.41) is 0.658. The lowest BCUT2D eigenvalue weighted by Crippen LogP contribution is -2.33. The predicted molar refractivity (Wildman–Crippen MR) is 108 cm³/mol. The van der Waals surface area contributed by atoms with Crippen molar-refractivity contribution in [2.75, 3.05) is 24.5 Å². The molecule has 0 unspecified atom stereocenters. The molecule has 1 aliphatic rings. The van der Waals surface area contributed by atoms with Gasteiger partial charge in [0.05, 0.1) is 0 Å². The summed E-state index contributed by atoms with van der Waals surface area (Å²) in [5.74, 6) is 0.875. The van der Waals surface area contributed by atoms with Crippen LogP contribution in [-0.4, -0.2) is 46.5 Å². The van der Waals surface area contributed by atoms with E-state index in [1.165, 1.54) is 0 Å². The van der Waals surface area contributed by atoms with E-state index in [9.17, 15) is 4.79 Å². The van der Waals surface area contributed by atoms with Crippen LogP contribution in [0.4, 0.5) is 5.82 Å². The smallest absolute Gasteiger partial charge is 0.292 e. The van der Waals surface area contributed by atoms with E-state index in [1.54, 1.807) is 4.90 Å². The normalized spacial score (nSPS) is 16.6. The van der Waals surface area contributed by atoms with Crippen LogP contribution in [0.1, 0.15) is 40.8 Å². The zero-order chi connectivity index (χ0) is 19.6. The van der Waals surface area contributed by atoms with E-state index in [0.29, 0.717) is 18.1 Å². The molecule has 1 aliphatic heterocycles. The second-order valence-corrected chi connectivity index (χ2v) is 7.46. The molecule has 1 aromatic heterocycles. The maximum absolute atomic E-state index is 13.1. The third-order valence-electron chi connectivity index (χ3n) is 5.01. The average molecular weight is 388 g/mol. The van der Waals surface area contributed by atoms with E-state index in [2.05, 4.69) is 14.9 Å². The number of halogens is 1. The summed E-state index contributed by atoms with van der Waals surface area (Å²) in [6.07, 6.45) is 0.932. The quantitative estimate of drug-likeness (QED) is 0.853. The van der Waals surface area contributed by atoms with Gasteiger partial charge in [0.2, 0.25) is 5.82 Å². The Morgan fingerprint density at radius 2 is 2.15 bits per heavy atom. The summed E-state index contributed by atoms with van der Waals surface area (Å²) >= 11 is 6.07. The summed E-state index contributed by atoms with van der Waals surface area (Å²) < 4.78 is 0. The monoisotopic (exact) mass is 387 g/mol. The number of carbonyl (C=O) groups is 1. The number of nitrogens with zero attached hydrogens (tertiary/aromatic N) is 4. The fourth-order valence-electron chi connectivity index (χ4n) is 3.32. The molecule has 27 heavy (non-hydrogen) atoms. The standard InChI is InChI=1S/C20H26ClN5O/c1-4-25(11-15-6-5-7-16(21)10-15)20(27)18-23-14(3)13(2)19(24-18)26-9-8-17(22)12-26/h5-7,10,17H,4,8-9,11-12,22H2,1-3H3/t17-/m1/s1. The van der Waals surface area contributed by atoms with Crippen molar-refractivity contribution in [2.45, 2.75) is 39.8 Å². The number of amides is 1. The molecule has 2 aromatic rings. The Morgan fingerprint density at radius 1 is 1.37 bits per heavy atom. The van der Waals surface area contributed by atoms with Gasteiger partial charge in [-0.05, 0) is 44.9 Å². The minimum absolute atomic E-state index is 0.147. The van der Waals surface area contributed by atoms with Gasteiger partial charge in [-0.25, -0.2) is 9.97 Å². The molecule has 144 valence electrons. The van der Waals surface area contributed by atoms with Crippen molar-refractivity contribution < 1.29 is 4.79 Å². The Hall–Kier alpha value is -2.18. The van der Waals surface area contributed by atoms with Gasteiger partial charge in [-0.15, -0.1) is 0 Å².